The quantitative estimate of drug-likeness (QED) is 0.891. The second kappa shape index (κ2) is 7.82. The Morgan fingerprint density at radius 3 is 2.44 bits per heavy atom. The molecule has 1 aromatic carbocycles. The van der Waals surface area contributed by atoms with Gasteiger partial charge in [-0.3, -0.25) is 4.79 Å². The standard InChI is InChI=1S/C20H26N4O3/c1-13(2)19-21-14(3)11-18(22-19)23-7-9-24(10-8-23)20(26)16-6-5-15(27-4)12-17(16)25/h5-6,11-13,25H,7-10H2,1-4H3. The lowest BCUT2D eigenvalue weighted by molar-refractivity contribution is 0.0743. The van der Waals surface area contributed by atoms with Crippen LogP contribution < -0.4 is 9.64 Å². The van der Waals surface area contributed by atoms with Gasteiger partial charge in [0, 0.05) is 49.9 Å². The van der Waals surface area contributed by atoms with Crippen LogP contribution in [0.15, 0.2) is 24.3 Å². The molecular formula is C20H26N4O3. The third-order valence-corrected chi connectivity index (χ3v) is 4.70. The van der Waals surface area contributed by atoms with E-state index in [1.54, 1.807) is 17.0 Å². The van der Waals surface area contributed by atoms with Crippen molar-refractivity contribution in [2.24, 2.45) is 0 Å². The molecule has 7 heteroatoms. The predicted molar refractivity (Wildman–Crippen MR) is 104 cm³/mol. The summed E-state index contributed by atoms with van der Waals surface area (Å²) in [4.78, 5) is 25.9. The molecule has 0 unspecified atom stereocenters. The molecule has 0 spiro atoms. The Bertz CT molecular complexity index is 830. The molecule has 2 aromatic rings. The Labute approximate surface area is 159 Å². The minimum Gasteiger partial charge on any atom is -0.507 e. The zero-order chi connectivity index (χ0) is 19.6. The number of hydrogen-bond acceptors (Lipinski definition) is 6. The van der Waals surface area contributed by atoms with Gasteiger partial charge >= 0.3 is 0 Å². The molecule has 0 saturated carbocycles. The molecule has 0 radical (unpaired) electrons. The number of anilines is 1. The molecule has 1 saturated heterocycles. The smallest absolute Gasteiger partial charge is 0.257 e. The molecule has 7 nitrogen and oxygen atoms in total. The Morgan fingerprint density at radius 2 is 1.85 bits per heavy atom. The molecule has 3 rings (SSSR count). The lowest BCUT2D eigenvalue weighted by atomic mass is 10.1. The Hall–Kier alpha value is -2.83. The summed E-state index contributed by atoms with van der Waals surface area (Å²) < 4.78 is 5.07. The van der Waals surface area contributed by atoms with Crippen LogP contribution in [0.4, 0.5) is 5.82 Å². The number of piperazine rings is 1. The number of ether oxygens (including phenoxy) is 1. The molecule has 1 amide bonds. The number of aromatic hydroxyl groups is 1. The number of nitrogens with zero attached hydrogens (tertiary/aromatic N) is 4. The van der Waals surface area contributed by atoms with Crippen molar-refractivity contribution >= 4 is 11.7 Å². The Morgan fingerprint density at radius 1 is 1.15 bits per heavy atom. The number of benzene rings is 1. The van der Waals surface area contributed by atoms with Crippen LogP contribution >= 0.6 is 0 Å². The van der Waals surface area contributed by atoms with Gasteiger partial charge in [0.2, 0.25) is 0 Å². The number of hydrogen-bond donors (Lipinski definition) is 1. The number of methoxy groups -OCH3 is 1. The summed E-state index contributed by atoms with van der Waals surface area (Å²) in [5, 5.41) is 10.1. The van der Waals surface area contributed by atoms with Crippen LogP contribution in [-0.2, 0) is 0 Å². The fourth-order valence-corrected chi connectivity index (χ4v) is 3.12. The topological polar surface area (TPSA) is 78.8 Å². The van der Waals surface area contributed by atoms with E-state index in [2.05, 4.69) is 28.7 Å². The highest BCUT2D eigenvalue weighted by molar-refractivity contribution is 5.97. The highest BCUT2D eigenvalue weighted by Crippen LogP contribution is 2.25. The fourth-order valence-electron chi connectivity index (χ4n) is 3.12. The fraction of sp³-hybridized carbons (Fsp3) is 0.450. The van der Waals surface area contributed by atoms with Gasteiger partial charge in [0.15, 0.2) is 0 Å². The third-order valence-electron chi connectivity index (χ3n) is 4.70. The summed E-state index contributed by atoms with van der Waals surface area (Å²) in [6, 6.07) is 6.73. The Kier molecular flexibility index (Phi) is 5.48. The van der Waals surface area contributed by atoms with E-state index in [1.165, 1.54) is 13.2 Å². The minimum absolute atomic E-state index is 0.0604. The summed E-state index contributed by atoms with van der Waals surface area (Å²) in [7, 11) is 1.52. The second-order valence-corrected chi connectivity index (χ2v) is 7.04. The Balaban J connectivity index is 1.69. The van der Waals surface area contributed by atoms with Gasteiger partial charge in [0.25, 0.3) is 5.91 Å². The molecule has 144 valence electrons. The van der Waals surface area contributed by atoms with Gasteiger partial charge in [-0.05, 0) is 19.1 Å². The van der Waals surface area contributed by atoms with Crippen LogP contribution in [0.5, 0.6) is 11.5 Å². The van der Waals surface area contributed by atoms with Crippen molar-refractivity contribution in [3.05, 3.63) is 41.3 Å². The van der Waals surface area contributed by atoms with Crippen molar-refractivity contribution < 1.29 is 14.6 Å². The molecule has 27 heavy (non-hydrogen) atoms. The monoisotopic (exact) mass is 370 g/mol. The second-order valence-electron chi connectivity index (χ2n) is 7.04. The van der Waals surface area contributed by atoms with E-state index < -0.39 is 0 Å². The van der Waals surface area contributed by atoms with E-state index in [-0.39, 0.29) is 17.6 Å². The highest BCUT2D eigenvalue weighted by Gasteiger charge is 2.25. The molecule has 1 aromatic heterocycles. The van der Waals surface area contributed by atoms with Gasteiger partial charge in [0.05, 0.1) is 12.7 Å². The van der Waals surface area contributed by atoms with Crippen molar-refractivity contribution in [3.63, 3.8) is 0 Å². The average Bonchev–Trinajstić information content (AvgIpc) is 2.67. The molecule has 0 aliphatic carbocycles. The lowest BCUT2D eigenvalue weighted by Gasteiger charge is -2.35. The molecular weight excluding hydrogens is 344 g/mol. The number of phenolic OH excluding ortho intramolecular Hbond substituents is 1. The van der Waals surface area contributed by atoms with E-state index >= 15 is 0 Å². The van der Waals surface area contributed by atoms with Gasteiger partial charge in [0.1, 0.15) is 23.1 Å². The average molecular weight is 370 g/mol. The van der Waals surface area contributed by atoms with Gasteiger partial charge < -0.3 is 19.6 Å². The van der Waals surface area contributed by atoms with Crippen LogP contribution in [-0.4, -0.2) is 59.2 Å². The largest absolute Gasteiger partial charge is 0.507 e. The maximum absolute atomic E-state index is 12.7. The van der Waals surface area contributed by atoms with Crippen molar-refractivity contribution in [1.29, 1.82) is 0 Å². The first-order chi connectivity index (χ1) is 12.9. The molecule has 2 heterocycles. The first-order valence-corrected chi connectivity index (χ1v) is 9.16. The molecule has 0 atom stereocenters. The molecule has 1 fully saturated rings. The number of carbonyl (C=O) groups excluding carboxylic acids is 1. The van der Waals surface area contributed by atoms with E-state index in [9.17, 15) is 9.90 Å². The van der Waals surface area contributed by atoms with Crippen LogP contribution in [0.1, 0.15) is 41.6 Å². The molecule has 1 aliphatic heterocycles. The van der Waals surface area contributed by atoms with Crippen LogP contribution in [0.25, 0.3) is 0 Å². The first kappa shape index (κ1) is 18.9. The van der Waals surface area contributed by atoms with Crippen molar-refractivity contribution in [2.75, 3.05) is 38.2 Å². The minimum atomic E-state index is -0.170. The van der Waals surface area contributed by atoms with Crippen LogP contribution in [0.2, 0.25) is 0 Å². The number of rotatable bonds is 4. The molecule has 1 N–H and O–H groups in total. The number of carbonyl (C=O) groups is 1. The van der Waals surface area contributed by atoms with Crippen molar-refractivity contribution in [2.45, 2.75) is 26.7 Å². The summed E-state index contributed by atoms with van der Waals surface area (Å²) in [6.07, 6.45) is 0. The zero-order valence-electron chi connectivity index (χ0n) is 16.3. The highest BCUT2D eigenvalue weighted by atomic mass is 16.5. The van der Waals surface area contributed by atoms with Gasteiger partial charge in [-0.2, -0.15) is 0 Å². The van der Waals surface area contributed by atoms with E-state index in [1.807, 2.05) is 13.0 Å². The predicted octanol–water partition coefficient (Wildman–Crippen LogP) is 2.59. The third kappa shape index (κ3) is 4.13. The zero-order valence-corrected chi connectivity index (χ0v) is 16.3. The number of aromatic nitrogens is 2. The van der Waals surface area contributed by atoms with Crippen molar-refractivity contribution in [3.8, 4) is 11.5 Å². The first-order valence-electron chi connectivity index (χ1n) is 9.16. The normalized spacial score (nSPS) is 14.6. The maximum atomic E-state index is 12.7. The van der Waals surface area contributed by atoms with E-state index in [0.717, 1.165) is 17.3 Å². The van der Waals surface area contributed by atoms with Gasteiger partial charge in [-0.1, -0.05) is 13.8 Å². The summed E-state index contributed by atoms with van der Waals surface area (Å²) in [5.74, 6) is 2.31. The number of aryl methyl sites for hydroxylation is 1. The van der Waals surface area contributed by atoms with Crippen LogP contribution in [0, 0.1) is 6.92 Å². The van der Waals surface area contributed by atoms with Gasteiger partial charge in [-0.15, -0.1) is 0 Å². The molecule has 1 aliphatic rings. The summed E-state index contributed by atoms with van der Waals surface area (Å²) >= 11 is 0. The number of phenols is 1. The van der Waals surface area contributed by atoms with E-state index in [4.69, 9.17) is 4.74 Å². The molecule has 0 bridgehead atoms. The number of amides is 1. The SMILES string of the molecule is COc1ccc(C(=O)N2CCN(c3cc(C)nc(C(C)C)n3)CC2)c(O)c1. The van der Waals surface area contributed by atoms with Gasteiger partial charge in [-0.25, -0.2) is 9.97 Å². The van der Waals surface area contributed by atoms with Crippen LogP contribution in [0.3, 0.4) is 0 Å². The summed E-state index contributed by atoms with van der Waals surface area (Å²) in [5.41, 5.74) is 1.24. The van der Waals surface area contributed by atoms with Crippen molar-refractivity contribution in [1.82, 2.24) is 14.9 Å². The van der Waals surface area contributed by atoms with E-state index in [0.29, 0.717) is 37.5 Å². The lowest BCUT2D eigenvalue weighted by Crippen LogP contribution is -2.49. The summed E-state index contributed by atoms with van der Waals surface area (Å²) in [6.45, 7) is 8.66. The maximum Gasteiger partial charge on any atom is 0.257 e.